The minimum Gasteiger partial charge on any atom is -0.463 e. The monoisotopic (exact) mass is 529 g/mol. The first-order valence-corrected chi connectivity index (χ1v) is 12.7. The lowest BCUT2D eigenvalue weighted by atomic mass is 9.95. The molecule has 0 bridgehead atoms. The van der Waals surface area contributed by atoms with E-state index in [0.717, 1.165) is 11.1 Å². The molecule has 0 aliphatic carbocycles. The van der Waals surface area contributed by atoms with Gasteiger partial charge in [-0.05, 0) is 50.6 Å². The number of benzene rings is 2. The fourth-order valence-corrected chi connectivity index (χ4v) is 5.34. The Bertz CT molecular complexity index is 1760. The van der Waals surface area contributed by atoms with Gasteiger partial charge in [-0.2, -0.15) is 0 Å². The molecule has 1 aliphatic heterocycles. The molecule has 0 spiro atoms. The Balaban J connectivity index is 1.59. The summed E-state index contributed by atoms with van der Waals surface area (Å²) in [5, 5.41) is 10.9. The molecule has 0 amide bonds. The van der Waals surface area contributed by atoms with Crippen molar-refractivity contribution in [2.24, 2.45) is 4.99 Å². The molecular weight excluding hydrogens is 506 g/mol. The number of nitrogens with zero attached hydrogens (tertiary/aromatic N) is 3. The summed E-state index contributed by atoms with van der Waals surface area (Å²) in [7, 11) is 0. The van der Waals surface area contributed by atoms with E-state index in [0.29, 0.717) is 37.7 Å². The molecule has 1 atom stereocenters. The number of hydrogen-bond donors (Lipinski definition) is 0. The van der Waals surface area contributed by atoms with Gasteiger partial charge < -0.3 is 9.15 Å². The van der Waals surface area contributed by atoms with Crippen molar-refractivity contribution in [3.05, 3.63) is 119 Å². The molecule has 0 saturated carbocycles. The van der Waals surface area contributed by atoms with Crippen molar-refractivity contribution >= 4 is 29.1 Å². The van der Waals surface area contributed by atoms with Gasteiger partial charge in [-0.25, -0.2) is 9.79 Å². The summed E-state index contributed by atoms with van der Waals surface area (Å²) < 4.78 is 13.2. The SMILES string of the molecule is CCOC(=O)C1=C(C)N=c2s/c(=C/c3ccc(-c4ccc([N+](=O)[O-])cc4)o3)c(=O)n2[C@@H]1c1ccc(C)cc1. The number of aromatic nitrogens is 1. The molecule has 0 fully saturated rings. The van der Waals surface area contributed by atoms with Crippen LogP contribution in [-0.4, -0.2) is 22.1 Å². The van der Waals surface area contributed by atoms with Crippen LogP contribution in [0.4, 0.5) is 5.69 Å². The van der Waals surface area contributed by atoms with Crippen molar-refractivity contribution in [2.45, 2.75) is 26.8 Å². The van der Waals surface area contributed by atoms with E-state index in [2.05, 4.69) is 4.99 Å². The third-order valence-electron chi connectivity index (χ3n) is 6.17. The van der Waals surface area contributed by atoms with Gasteiger partial charge in [0.15, 0.2) is 4.80 Å². The maximum atomic E-state index is 13.7. The zero-order valence-corrected chi connectivity index (χ0v) is 21.7. The van der Waals surface area contributed by atoms with Crippen LogP contribution in [0.3, 0.4) is 0 Å². The Kier molecular flexibility index (Phi) is 6.64. The molecular formula is C28H23N3O6S. The number of ether oxygens (including phenoxy) is 1. The van der Waals surface area contributed by atoms with Crippen molar-refractivity contribution in [1.29, 1.82) is 0 Å². The second kappa shape index (κ2) is 10.1. The molecule has 0 saturated heterocycles. The number of fused-ring (bicyclic) bond motifs is 1. The van der Waals surface area contributed by atoms with Crippen molar-refractivity contribution in [2.75, 3.05) is 6.61 Å². The van der Waals surface area contributed by atoms with Gasteiger partial charge in [0.2, 0.25) is 0 Å². The molecule has 0 N–H and O–H groups in total. The number of furan rings is 1. The van der Waals surface area contributed by atoms with Crippen LogP contribution in [0.5, 0.6) is 0 Å². The van der Waals surface area contributed by atoms with Gasteiger partial charge in [-0.1, -0.05) is 41.2 Å². The third kappa shape index (κ3) is 4.61. The molecule has 10 heteroatoms. The summed E-state index contributed by atoms with van der Waals surface area (Å²) in [6, 6.07) is 16.5. The lowest BCUT2D eigenvalue weighted by molar-refractivity contribution is -0.384. The van der Waals surface area contributed by atoms with Crippen LogP contribution in [0.1, 0.15) is 36.8 Å². The van der Waals surface area contributed by atoms with E-state index < -0.39 is 16.9 Å². The van der Waals surface area contributed by atoms with E-state index in [1.54, 1.807) is 44.2 Å². The summed E-state index contributed by atoms with van der Waals surface area (Å²) >= 11 is 1.21. The van der Waals surface area contributed by atoms with Gasteiger partial charge in [0.25, 0.3) is 11.2 Å². The first kappa shape index (κ1) is 25.1. The minimum absolute atomic E-state index is 0.0118. The molecule has 9 nitrogen and oxygen atoms in total. The van der Waals surface area contributed by atoms with Gasteiger partial charge in [0.05, 0.1) is 33.4 Å². The van der Waals surface area contributed by atoms with Gasteiger partial charge in [0.1, 0.15) is 11.5 Å². The van der Waals surface area contributed by atoms with Crippen LogP contribution in [0.15, 0.2) is 86.1 Å². The highest BCUT2D eigenvalue weighted by atomic mass is 32.1. The molecule has 38 heavy (non-hydrogen) atoms. The lowest BCUT2D eigenvalue weighted by Gasteiger charge is -2.24. The second-order valence-electron chi connectivity index (χ2n) is 8.72. The number of thiazole rings is 1. The Morgan fingerprint density at radius 2 is 1.84 bits per heavy atom. The maximum absolute atomic E-state index is 13.7. The first-order chi connectivity index (χ1) is 18.3. The standard InChI is InChI=1S/C28H23N3O6S/c1-4-36-27(33)24-17(3)29-28-30(25(24)19-7-5-16(2)6-8-19)26(32)23(38-28)15-21-13-14-22(37-21)18-9-11-20(12-10-18)31(34)35/h5-15,25H,4H2,1-3H3/b23-15+/t25-/m1/s1. The maximum Gasteiger partial charge on any atom is 0.338 e. The molecule has 2 aromatic heterocycles. The molecule has 3 heterocycles. The normalized spacial score (nSPS) is 15.2. The van der Waals surface area contributed by atoms with Crippen LogP contribution in [0.2, 0.25) is 0 Å². The van der Waals surface area contributed by atoms with Gasteiger partial charge >= 0.3 is 5.97 Å². The highest BCUT2D eigenvalue weighted by Gasteiger charge is 2.33. The summed E-state index contributed by atoms with van der Waals surface area (Å²) in [5.74, 6) is 0.445. The molecule has 0 unspecified atom stereocenters. The highest BCUT2D eigenvalue weighted by molar-refractivity contribution is 7.07. The van der Waals surface area contributed by atoms with Crippen LogP contribution < -0.4 is 14.9 Å². The van der Waals surface area contributed by atoms with E-state index in [9.17, 15) is 19.7 Å². The topological polar surface area (TPSA) is 117 Å². The number of carbonyl (C=O) groups excluding carboxylic acids is 1. The van der Waals surface area contributed by atoms with E-state index in [4.69, 9.17) is 9.15 Å². The number of rotatable bonds is 6. The predicted octanol–water partition coefficient (Wildman–Crippen LogP) is 4.27. The zero-order valence-electron chi connectivity index (χ0n) is 20.8. The predicted molar refractivity (Wildman–Crippen MR) is 142 cm³/mol. The number of esters is 1. The van der Waals surface area contributed by atoms with Crippen LogP contribution in [0.25, 0.3) is 17.4 Å². The summed E-state index contributed by atoms with van der Waals surface area (Å²) in [5.41, 5.74) is 3.02. The highest BCUT2D eigenvalue weighted by Crippen LogP contribution is 2.31. The summed E-state index contributed by atoms with van der Waals surface area (Å²) in [6.45, 7) is 5.65. The van der Waals surface area contributed by atoms with E-state index in [1.165, 1.54) is 28.0 Å². The number of carbonyl (C=O) groups is 1. The molecule has 1 aliphatic rings. The Hall–Kier alpha value is -4.57. The Labute approximate surface area is 220 Å². The Morgan fingerprint density at radius 1 is 1.13 bits per heavy atom. The second-order valence-corrected chi connectivity index (χ2v) is 9.73. The average molecular weight is 530 g/mol. The fourth-order valence-electron chi connectivity index (χ4n) is 4.32. The van der Waals surface area contributed by atoms with Crippen molar-refractivity contribution < 1.29 is 18.9 Å². The van der Waals surface area contributed by atoms with E-state index in [1.807, 2.05) is 31.2 Å². The fraction of sp³-hybridized carbons (Fsp3) is 0.179. The Morgan fingerprint density at radius 3 is 2.50 bits per heavy atom. The minimum atomic E-state index is -0.680. The van der Waals surface area contributed by atoms with Gasteiger partial charge in [0, 0.05) is 23.8 Å². The smallest absolute Gasteiger partial charge is 0.338 e. The molecule has 2 aromatic carbocycles. The quantitative estimate of drug-likeness (QED) is 0.209. The largest absolute Gasteiger partial charge is 0.463 e. The summed E-state index contributed by atoms with van der Waals surface area (Å²) in [6.07, 6.45) is 1.63. The van der Waals surface area contributed by atoms with Gasteiger partial charge in [-0.3, -0.25) is 19.5 Å². The van der Waals surface area contributed by atoms with Crippen LogP contribution >= 0.6 is 11.3 Å². The first-order valence-electron chi connectivity index (χ1n) is 11.9. The van der Waals surface area contributed by atoms with Crippen molar-refractivity contribution in [1.82, 2.24) is 4.57 Å². The lowest BCUT2D eigenvalue weighted by Crippen LogP contribution is -2.39. The third-order valence-corrected chi connectivity index (χ3v) is 7.16. The van der Waals surface area contributed by atoms with Crippen molar-refractivity contribution in [3.63, 3.8) is 0 Å². The number of aryl methyl sites for hydroxylation is 1. The number of non-ortho nitro benzene ring substituents is 1. The number of nitro benzene ring substituents is 1. The number of nitro groups is 1. The van der Waals surface area contributed by atoms with E-state index in [-0.39, 0.29) is 17.9 Å². The van der Waals surface area contributed by atoms with Gasteiger partial charge in [-0.15, -0.1) is 0 Å². The molecule has 192 valence electrons. The van der Waals surface area contributed by atoms with Crippen LogP contribution in [-0.2, 0) is 9.53 Å². The number of hydrogen-bond acceptors (Lipinski definition) is 8. The average Bonchev–Trinajstić information content (AvgIpc) is 3.48. The number of allylic oxidation sites excluding steroid dienone is 1. The summed E-state index contributed by atoms with van der Waals surface area (Å²) in [4.78, 5) is 42.2. The molecule has 4 aromatic rings. The van der Waals surface area contributed by atoms with Crippen molar-refractivity contribution in [3.8, 4) is 11.3 Å². The zero-order chi connectivity index (χ0) is 27.0. The van der Waals surface area contributed by atoms with Crippen LogP contribution in [0, 0.1) is 17.0 Å². The molecule has 0 radical (unpaired) electrons. The molecule has 5 rings (SSSR count). The van der Waals surface area contributed by atoms with E-state index >= 15 is 0 Å².